The molecule has 1 aliphatic heterocycles. The Bertz CT molecular complexity index is 1370. The van der Waals surface area contributed by atoms with E-state index in [0.29, 0.717) is 28.8 Å². The average Bonchev–Trinajstić information content (AvgIpc) is 3.40. The number of rotatable bonds is 9. The molecule has 11 heteroatoms. The first-order chi connectivity index (χ1) is 17.5. The highest BCUT2D eigenvalue weighted by Crippen LogP contribution is 2.35. The van der Waals surface area contributed by atoms with Crippen LogP contribution in [0, 0.1) is 5.82 Å². The molecule has 0 spiro atoms. The van der Waals surface area contributed by atoms with Crippen molar-refractivity contribution < 1.29 is 31.8 Å². The fourth-order valence-corrected chi connectivity index (χ4v) is 6.12. The van der Waals surface area contributed by atoms with Gasteiger partial charge >= 0.3 is 5.97 Å². The van der Waals surface area contributed by atoms with Crippen LogP contribution in [0.25, 0.3) is 10.9 Å². The molecular formula is C26H32FN3O6S. The standard InChI is InChI=1S/C26H32FN3O6S/c1-16(2)35-20-7-9-21(10-8-20)37(32,33)29-15-19(13-25(29)34-5)30-24-12-18(27)6-11-22(24)23(28-30)14-26(31)36-17(3)4/h6-12,16-17,19,25H,13-15H2,1-5H3/t19-,25+/m1/s1. The summed E-state index contributed by atoms with van der Waals surface area (Å²) in [6, 6.07) is 10.0. The Kier molecular flexibility index (Phi) is 7.86. The van der Waals surface area contributed by atoms with Gasteiger partial charge in [-0.25, -0.2) is 12.8 Å². The number of sulfonamides is 1. The van der Waals surface area contributed by atoms with Gasteiger partial charge < -0.3 is 14.2 Å². The monoisotopic (exact) mass is 533 g/mol. The Balaban J connectivity index is 1.65. The van der Waals surface area contributed by atoms with Crippen molar-refractivity contribution in [3.05, 3.63) is 54.0 Å². The zero-order valence-corrected chi connectivity index (χ0v) is 22.4. The topological polar surface area (TPSA) is 100.0 Å². The van der Waals surface area contributed by atoms with Crippen LogP contribution in [-0.4, -0.2) is 60.6 Å². The molecule has 2 aromatic carbocycles. The van der Waals surface area contributed by atoms with Crippen molar-refractivity contribution in [1.82, 2.24) is 14.1 Å². The Hall–Kier alpha value is -3.02. The maximum absolute atomic E-state index is 14.2. The van der Waals surface area contributed by atoms with Gasteiger partial charge in [0, 0.05) is 25.5 Å². The lowest BCUT2D eigenvalue weighted by Gasteiger charge is -2.22. The number of halogens is 1. The van der Waals surface area contributed by atoms with Crippen molar-refractivity contribution in [3.63, 3.8) is 0 Å². The van der Waals surface area contributed by atoms with E-state index in [-0.39, 0.29) is 30.1 Å². The molecule has 0 aliphatic carbocycles. The number of ether oxygens (including phenoxy) is 3. The molecule has 4 rings (SSSR count). The molecule has 0 N–H and O–H groups in total. The molecule has 200 valence electrons. The zero-order valence-electron chi connectivity index (χ0n) is 21.5. The average molecular weight is 534 g/mol. The predicted molar refractivity (Wildman–Crippen MR) is 135 cm³/mol. The molecule has 0 unspecified atom stereocenters. The molecule has 0 saturated carbocycles. The number of esters is 1. The zero-order chi connectivity index (χ0) is 26.9. The number of nitrogens with zero attached hydrogens (tertiary/aromatic N) is 3. The molecule has 0 radical (unpaired) electrons. The van der Waals surface area contributed by atoms with Crippen LogP contribution in [-0.2, 0) is 30.7 Å². The van der Waals surface area contributed by atoms with E-state index in [2.05, 4.69) is 5.10 Å². The summed E-state index contributed by atoms with van der Waals surface area (Å²) in [6.07, 6.45) is -0.844. The van der Waals surface area contributed by atoms with Gasteiger partial charge in [0.2, 0.25) is 10.0 Å². The van der Waals surface area contributed by atoms with Gasteiger partial charge in [-0.2, -0.15) is 9.40 Å². The smallest absolute Gasteiger partial charge is 0.312 e. The molecule has 1 fully saturated rings. The predicted octanol–water partition coefficient (Wildman–Crippen LogP) is 4.06. The summed E-state index contributed by atoms with van der Waals surface area (Å²) >= 11 is 0. The van der Waals surface area contributed by atoms with Crippen LogP contribution in [0.2, 0.25) is 0 Å². The lowest BCUT2D eigenvalue weighted by Crippen LogP contribution is -2.36. The van der Waals surface area contributed by atoms with Gasteiger partial charge in [0.25, 0.3) is 0 Å². The number of carbonyl (C=O) groups is 1. The summed E-state index contributed by atoms with van der Waals surface area (Å²) in [5.74, 6) is -0.328. The number of carbonyl (C=O) groups excluding carboxylic acids is 1. The summed E-state index contributed by atoms with van der Waals surface area (Å²) < 4.78 is 60.6. The molecule has 2 atom stereocenters. The van der Waals surface area contributed by atoms with Gasteiger partial charge in [0.1, 0.15) is 17.8 Å². The second-order valence-corrected chi connectivity index (χ2v) is 11.5. The fourth-order valence-electron chi connectivity index (χ4n) is 4.52. The van der Waals surface area contributed by atoms with Crippen LogP contribution in [0.5, 0.6) is 5.75 Å². The number of aromatic nitrogens is 2. The minimum Gasteiger partial charge on any atom is -0.491 e. The van der Waals surface area contributed by atoms with Crippen molar-refractivity contribution in [1.29, 1.82) is 0 Å². The second kappa shape index (κ2) is 10.8. The van der Waals surface area contributed by atoms with Crippen LogP contribution >= 0.6 is 0 Å². The van der Waals surface area contributed by atoms with Gasteiger partial charge in [-0.1, -0.05) is 0 Å². The van der Waals surface area contributed by atoms with Gasteiger partial charge in [-0.3, -0.25) is 9.48 Å². The highest BCUT2D eigenvalue weighted by Gasteiger charge is 2.42. The lowest BCUT2D eigenvalue weighted by molar-refractivity contribution is -0.146. The minimum absolute atomic E-state index is 0.0366. The fraction of sp³-hybridized carbons (Fsp3) is 0.462. The maximum atomic E-state index is 14.2. The summed E-state index contributed by atoms with van der Waals surface area (Å²) in [4.78, 5) is 12.4. The summed E-state index contributed by atoms with van der Waals surface area (Å²) in [7, 11) is -2.46. The number of methoxy groups -OCH3 is 1. The summed E-state index contributed by atoms with van der Waals surface area (Å²) in [5.41, 5.74) is 0.915. The lowest BCUT2D eigenvalue weighted by atomic mass is 10.1. The number of hydrogen-bond acceptors (Lipinski definition) is 7. The number of benzene rings is 2. The van der Waals surface area contributed by atoms with E-state index in [4.69, 9.17) is 14.2 Å². The molecule has 37 heavy (non-hydrogen) atoms. The maximum Gasteiger partial charge on any atom is 0.312 e. The van der Waals surface area contributed by atoms with E-state index in [0.717, 1.165) is 0 Å². The van der Waals surface area contributed by atoms with E-state index < -0.39 is 34.1 Å². The molecule has 3 aromatic rings. The first-order valence-electron chi connectivity index (χ1n) is 12.2. The second-order valence-electron chi connectivity index (χ2n) is 9.56. The Morgan fingerprint density at radius 2 is 1.81 bits per heavy atom. The Labute approximate surface area is 216 Å². The van der Waals surface area contributed by atoms with Gasteiger partial charge in [0.05, 0.1) is 40.8 Å². The van der Waals surface area contributed by atoms with Crippen molar-refractivity contribution in [2.75, 3.05) is 13.7 Å². The highest BCUT2D eigenvalue weighted by molar-refractivity contribution is 7.89. The quantitative estimate of drug-likeness (QED) is 0.382. The molecule has 0 bridgehead atoms. The molecule has 1 saturated heterocycles. The molecule has 9 nitrogen and oxygen atoms in total. The third-order valence-corrected chi connectivity index (χ3v) is 7.90. The molecule has 0 amide bonds. The van der Waals surface area contributed by atoms with Crippen molar-refractivity contribution in [3.8, 4) is 5.75 Å². The normalized spacial score (nSPS) is 18.7. The minimum atomic E-state index is -3.91. The van der Waals surface area contributed by atoms with Crippen molar-refractivity contribution in [2.24, 2.45) is 0 Å². The third-order valence-electron chi connectivity index (χ3n) is 6.03. The Morgan fingerprint density at radius 1 is 1.11 bits per heavy atom. The Morgan fingerprint density at radius 3 is 2.43 bits per heavy atom. The van der Waals surface area contributed by atoms with Gasteiger partial charge in [0.15, 0.2) is 0 Å². The van der Waals surface area contributed by atoms with Crippen LogP contribution in [0.4, 0.5) is 4.39 Å². The van der Waals surface area contributed by atoms with E-state index in [1.54, 1.807) is 36.7 Å². The van der Waals surface area contributed by atoms with Crippen molar-refractivity contribution in [2.45, 2.75) is 69.9 Å². The first kappa shape index (κ1) is 27.0. The molecule has 2 heterocycles. The first-order valence-corrected chi connectivity index (χ1v) is 13.6. The molecular weight excluding hydrogens is 501 g/mol. The van der Waals surface area contributed by atoms with E-state index >= 15 is 0 Å². The van der Waals surface area contributed by atoms with Gasteiger partial charge in [-0.15, -0.1) is 0 Å². The number of fused-ring (bicyclic) bond motifs is 1. The summed E-state index contributed by atoms with van der Waals surface area (Å²) in [6.45, 7) is 7.36. The molecule has 1 aromatic heterocycles. The van der Waals surface area contributed by atoms with Crippen LogP contribution in [0.1, 0.15) is 45.9 Å². The van der Waals surface area contributed by atoms with Crippen LogP contribution in [0.3, 0.4) is 0 Å². The van der Waals surface area contributed by atoms with Gasteiger partial charge in [-0.05, 0) is 70.2 Å². The highest BCUT2D eigenvalue weighted by atomic mass is 32.2. The summed E-state index contributed by atoms with van der Waals surface area (Å²) in [5, 5.41) is 5.22. The van der Waals surface area contributed by atoms with Crippen molar-refractivity contribution >= 4 is 26.9 Å². The van der Waals surface area contributed by atoms with Crippen LogP contribution < -0.4 is 4.74 Å². The molecule has 1 aliphatic rings. The third kappa shape index (κ3) is 5.78. The van der Waals surface area contributed by atoms with E-state index in [1.165, 1.54) is 35.7 Å². The number of hydrogen-bond donors (Lipinski definition) is 0. The SMILES string of the molecule is CO[C@H]1C[C@@H](n2nc(CC(=O)OC(C)C)c3ccc(F)cc32)CN1S(=O)(=O)c1ccc(OC(C)C)cc1. The largest absolute Gasteiger partial charge is 0.491 e. The van der Waals surface area contributed by atoms with E-state index in [9.17, 15) is 17.6 Å². The van der Waals surface area contributed by atoms with Crippen LogP contribution in [0.15, 0.2) is 47.4 Å². The van der Waals surface area contributed by atoms with E-state index in [1.807, 2.05) is 13.8 Å².